The number of ether oxygens (including phenoxy) is 2. The number of benzene rings is 1. The molecule has 122 valence electrons. The van der Waals surface area contributed by atoms with Crippen molar-refractivity contribution in [2.24, 2.45) is 5.92 Å². The highest BCUT2D eigenvalue weighted by molar-refractivity contribution is 9.10. The summed E-state index contributed by atoms with van der Waals surface area (Å²) in [6.45, 7) is 3.60. The van der Waals surface area contributed by atoms with E-state index < -0.39 is 5.97 Å². The Kier molecular flexibility index (Phi) is 5.94. The number of carbonyl (C=O) groups is 1. The van der Waals surface area contributed by atoms with Crippen LogP contribution in [0.3, 0.4) is 0 Å². The van der Waals surface area contributed by atoms with Crippen LogP contribution in [0.4, 0.5) is 0 Å². The number of carboxylic acid groups (broad SMARTS) is 1. The van der Waals surface area contributed by atoms with Crippen LogP contribution in [-0.4, -0.2) is 42.3 Å². The smallest absolute Gasteiger partial charge is 0.306 e. The lowest BCUT2D eigenvalue weighted by Gasteiger charge is -2.30. The van der Waals surface area contributed by atoms with Crippen molar-refractivity contribution in [1.82, 2.24) is 4.90 Å². The first kappa shape index (κ1) is 17.4. The van der Waals surface area contributed by atoms with Gasteiger partial charge in [0.2, 0.25) is 0 Å². The average Bonchev–Trinajstić information content (AvgIpc) is 2.48. The molecule has 0 unspecified atom stereocenters. The van der Waals surface area contributed by atoms with Gasteiger partial charge in [0, 0.05) is 11.0 Å². The predicted molar refractivity (Wildman–Crippen MR) is 88.0 cm³/mol. The third-order valence-electron chi connectivity index (χ3n) is 4.04. The van der Waals surface area contributed by atoms with E-state index in [-0.39, 0.29) is 18.3 Å². The van der Waals surface area contributed by atoms with Crippen LogP contribution >= 0.6 is 28.3 Å². The number of aliphatic carboxylic acids is 1. The molecule has 2 heterocycles. The summed E-state index contributed by atoms with van der Waals surface area (Å²) in [5.74, 6) is 0.710. The van der Waals surface area contributed by atoms with Gasteiger partial charge >= 0.3 is 5.97 Å². The SMILES string of the molecule is Cl.O=C(O)C1CCN(Cc2cc3c(cc2Br)OCCO3)CC1. The normalized spacial score (nSPS) is 18.6. The number of hydrogen-bond acceptors (Lipinski definition) is 4. The van der Waals surface area contributed by atoms with Crippen LogP contribution in [0.5, 0.6) is 11.5 Å². The van der Waals surface area contributed by atoms with Crippen LogP contribution in [-0.2, 0) is 11.3 Å². The molecule has 0 saturated carbocycles. The van der Waals surface area contributed by atoms with Crippen LogP contribution in [0.15, 0.2) is 16.6 Å². The Hall–Kier alpha value is -0.980. The minimum atomic E-state index is -0.671. The molecule has 3 rings (SSSR count). The van der Waals surface area contributed by atoms with Crippen LogP contribution < -0.4 is 9.47 Å². The third kappa shape index (κ3) is 3.86. The fourth-order valence-electron chi connectivity index (χ4n) is 2.81. The van der Waals surface area contributed by atoms with E-state index in [4.69, 9.17) is 14.6 Å². The lowest BCUT2D eigenvalue weighted by atomic mass is 9.97. The molecule has 0 atom stereocenters. The van der Waals surface area contributed by atoms with Crippen molar-refractivity contribution in [3.63, 3.8) is 0 Å². The number of likely N-dealkylation sites (tertiary alicyclic amines) is 1. The third-order valence-corrected chi connectivity index (χ3v) is 4.78. The van der Waals surface area contributed by atoms with E-state index in [9.17, 15) is 4.79 Å². The molecule has 0 amide bonds. The second kappa shape index (κ2) is 7.53. The van der Waals surface area contributed by atoms with Gasteiger partial charge in [-0.2, -0.15) is 0 Å². The van der Waals surface area contributed by atoms with E-state index in [1.54, 1.807) is 0 Å². The van der Waals surface area contributed by atoms with Gasteiger partial charge in [-0.3, -0.25) is 9.69 Å². The molecular weight excluding hydrogens is 374 g/mol. The molecule has 0 spiro atoms. The molecule has 0 radical (unpaired) electrons. The van der Waals surface area contributed by atoms with Crippen molar-refractivity contribution in [3.05, 3.63) is 22.2 Å². The largest absolute Gasteiger partial charge is 0.486 e. The minimum absolute atomic E-state index is 0. The summed E-state index contributed by atoms with van der Waals surface area (Å²) in [6.07, 6.45) is 1.44. The van der Waals surface area contributed by atoms with Crippen LogP contribution in [0.25, 0.3) is 0 Å². The fraction of sp³-hybridized carbons (Fsp3) is 0.533. The first-order chi connectivity index (χ1) is 10.1. The van der Waals surface area contributed by atoms with E-state index in [1.807, 2.05) is 12.1 Å². The molecule has 0 aromatic heterocycles. The predicted octanol–water partition coefficient (Wildman–Crippen LogP) is 2.94. The van der Waals surface area contributed by atoms with E-state index in [0.717, 1.165) is 54.0 Å². The number of rotatable bonds is 3. The van der Waals surface area contributed by atoms with Gasteiger partial charge in [-0.1, -0.05) is 15.9 Å². The van der Waals surface area contributed by atoms with Gasteiger partial charge in [0.05, 0.1) is 5.92 Å². The summed E-state index contributed by atoms with van der Waals surface area (Å²) in [4.78, 5) is 13.3. The topological polar surface area (TPSA) is 59.0 Å². The summed E-state index contributed by atoms with van der Waals surface area (Å²) in [5, 5.41) is 9.03. The second-order valence-electron chi connectivity index (χ2n) is 5.48. The Balaban J connectivity index is 0.00000176. The second-order valence-corrected chi connectivity index (χ2v) is 6.33. The number of hydrogen-bond donors (Lipinski definition) is 1. The highest BCUT2D eigenvalue weighted by atomic mass is 79.9. The molecular formula is C15H19BrClNO4. The van der Waals surface area contributed by atoms with Crippen molar-refractivity contribution >= 4 is 34.3 Å². The zero-order valence-corrected chi connectivity index (χ0v) is 14.5. The Morgan fingerprint density at radius 3 is 2.41 bits per heavy atom. The summed E-state index contributed by atoms with van der Waals surface area (Å²) in [6, 6.07) is 3.97. The molecule has 7 heteroatoms. The lowest BCUT2D eigenvalue weighted by molar-refractivity contribution is -0.143. The Morgan fingerprint density at radius 1 is 1.23 bits per heavy atom. The first-order valence-electron chi connectivity index (χ1n) is 7.16. The van der Waals surface area contributed by atoms with E-state index >= 15 is 0 Å². The molecule has 0 bridgehead atoms. The summed E-state index contributed by atoms with van der Waals surface area (Å²) in [5.41, 5.74) is 1.15. The average molecular weight is 393 g/mol. The molecule has 2 aliphatic rings. The van der Waals surface area contributed by atoms with E-state index in [1.165, 1.54) is 0 Å². The molecule has 1 aromatic carbocycles. The van der Waals surface area contributed by atoms with Gasteiger partial charge in [0.25, 0.3) is 0 Å². The Labute approximate surface area is 144 Å². The quantitative estimate of drug-likeness (QED) is 0.857. The van der Waals surface area contributed by atoms with Crippen molar-refractivity contribution in [2.45, 2.75) is 19.4 Å². The molecule has 1 aromatic rings. The van der Waals surface area contributed by atoms with Gasteiger partial charge < -0.3 is 14.6 Å². The zero-order chi connectivity index (χ0) is 14.8. The molecule has 0 aliphatic carbocycles. The molecule has 1 fully saturated rings. The lowest BCUT2D eigenvalue weighted by Crippen LogP contribution is -2.35. The standard InChI is InChI=1S/C15H18BrNO4.ClH/c16-12-8-14-13(20-5-6-21-14)7-11(12)9-17-3-1-10(2-4-17)15(18)19;/h7-8,10H,1-6,9H2,(H,18,19);1H. The van der Waals surface area contributed by atoms with Gasteiger partial charge in [-0.25, -0.2) is 0 Å². The maximum atomic E-state index is 11.0. The summed E-state index contributed by atoms with van der Waals surface area (Å²) in [7, 11) is 0. The van der Waals surface area contributed by atoms with Gasteiger partial charge in [-0.15, -0.1) is 12.4 Å². The first-order valence-corrected chi connectivity index (χ1v) is 7.96. The van der Waals surface area contributed by atoms with Gasteiger partial charge in [0.1, 0.15) is 13.2 Å². The number of carboxylic acids is 1. The number of piperidine rings is 1. The van der Waals surface area contributed by atoms with Crippen molar-refractivity contribution < 1.29 is 19.4 Å². The summed E-state index contributed by atoms with van der Waals surface area (Å²) >= 11 is 3.58. The monoisotopic (exact) mass is 391 g/mol. The molecule has 2 aliphatic heterocycles. The summed E-state index contributed by atoms with van der Waals surface area (Å²) < 4.78 is 12.2. The zero-order valence-electron chi connectivity index (χ0n) is 12.1. The Morgan fingerprint density at radius 2 is 1.82 bits per heavy atom. The molecule has 1 saturated heterocycles. The maximum absolute atomic E-state index is 11.0. The minimum Gasteiger partial charge on any atom is -0.486 e. The fourth-order valence-corrected chi connectivity index (χ4v) is 3.25. The van der Waals surface area contributed by atoms with Crippen molar-refractivity contribution in [2.75, 3.05) is 26.3 Å². The van der Waals surface area contributed by atoms with Crippen molar-refractivity contribution in [3.8, 4) is 11.5 Å². The van der Waals surface area contributed by atoms with Gasteiger partial charge in [0.15, 0.2) is 11.5 Å². The van der Waals surface area contributed by atoms with Crippen LogP contribution in [0.1, 0.15) is 18.4 Å². The van der Waals surface area contributed by atoms with Crippen LogP contribution in [0, 0.1) is 5.92 Å². The number of fused-ring (bicyclic) bond motifs is 1. The van der Waals surface area contributed by atoms with E-state index in [2.05, 4.69) is 20.8 Å². The number of nitrogens with zero attached hydrogens (tertiary/aromatic N) is 1. The van der Waals surface area contributed by atoms with Crippen LogP contribution in [0.2, 0.25) is 0 Å². The number of halogens is 2. The molecule has 22 heavy (non-hydrogen) atoms. The van der Waals surface area contributed by atoms with E-state index in [0.29, 0.717) is 13.2 Å². The highest BCUT2D eigenvalue weighted by Crippen LogP contribution is 2.36. The molecule has 1 N–H and O–H groups in total. The maximum Gasteiger partial charge on any atom is 0.306 e. The Bertz CT molecular complexity index is 547. The van der Waals surface area contributed by atoms with Gasteiger partial charge in [-0.05, 0) is 43.6 Å². The highest BCUT2D eigenvalue weighted by Gasteiger charge is 2.25. The van der Waals surface area contributed by atoms with Crippen molar-refractivity contribution in [1.29, 1.82) is 0 Å². The molecule has 5 nitrogen and oxygen atoms in total.